The summed E-state index contributed by atoms with van der Waals surface area (Å²) in [4.78, 5) is 2.68. The van der Waals surface area contributed by atoms with Gasteiger partial charge in [0.05, 0.1) is 13.2 Å². The van der Waals surface area contributed by atoms with E-state index >= 15 is 0 Å². The van der Waals surface area contributed by atoms with Crippen LogP contribution >= 0.6 is 0 Å². The van der Waals surface area contributed by atoms with Crippen molar-refractivity contribution in [2.24, 2.45) is 0 Å². The molecule has 0 aromatic carbocycles. The normalized spacial score (nSPS) is 36.2. The van der Waals surface area contributed by atoms with Crippen molar-refractivity contribution < 1.29 is 4.74 Å². The monoisotopic (exact) mass is 226 g/mol. The van der Waals surface area contributed by atoms with E-state index in [-0.39, 0.29) is 5.54 Å². The van der Waals surface area contributed by atoms with Crippen LogP contribution in [0.1, 0.15) is 39.5 Å². The maximum absolute atomic E-state index is 5.60. The molecule has 0 aromatic heterocycles. The molecule has 3 heteroatoms. The van der Waals surface area contributed by atoms with Crippen LogP contribution in [0.3, 0.4) is 0 Å². The van der Waals surface area contributed by atoms with E-state index in [0.717, 1.165) is 31.8 Å². The molecule has 2 fully saturated rings. The molecule has 2 aliphatic rings. The minimum absolute atomic E-state index is 0.221. The summed E-state index contributed by atoms with van der Waals surface area (Å²) < 4.78 is 5.60. The van der Waals surface area contributed by atoms with Crippen molar-refractivity contribution in [1.29, 1.82) is 0 Å². The first-order chi connectivity index (χ1) is 7.63. The number of hydrogen-bond donors (Lipinski definition) is 1. The zero-order valence-corrected chi connectivity index (χ0v) is 11.0. The first kappa shape index (κ1) is 12.3. The minimum Gasteiger partial charge on any atom is -0.378 e. The zero-order valence-electron chi connectivity index (χ0n) is 11.0. The van der Waals surface area contributed by atoms with Crippen LogP contribution < -0.4 is 5.32 Å². The lowest BCUT2D eigenvalue weighted by Crippen LogP contribution is -2.58. The molecule has 2 rings (SSSR count). The van der Waals surface area contributed by atoms with Crippen molar-refractivity contribution in [1.82, 2.24) is 10.2 Å². The highest BCUT2D eigenvalue weighted by atomic mass is 16.5. The molecule has 1 saturated heterocycles. The third-order valence-electron chi connectivity index (χ3n) is 4.20. The third-order valence-corrected chi connectivity index (χ3v) is 4.20. The standard InChI is InChI=1S/C13H26N2O/c1-13(2)10-16-8-7-15(13)12-6-4-5-11(9-12)14-3/h11-12,14H,4-10H2,1-3H3. The molecule has 2 unspecified atom stereocenters. The number of morpholine rings is 1. The Bertz CT molecular complexity index is 230. The Morgan fingerprint density at radius 1 is 1.31 bits per heavy atom. The van der Waals surface area contributed by atoms with Crippen molar-refractivity contribution in [3.05, 3.63) is 0 Å². The molecule has 1 heterocycles. The molecule has 94 valence electrons. The molecular formula is C13H26N2O. The van der Waals surface area contributed by atoms with E-state index in [9.17, 15) is 0 Å². The Morgan fingerprint density at radius 2 is 2.12 bits per heavy atom. The van der Waals surface area contributed by atoms with Gasteiger partial charge in [0.1, 0.15) is 0 Å². The Labute approximate surface area is 99.5 Å². The number of rotatable bonds is 2. The summed E-state index contributed by atoms with van der Waals surface area (Å²) in [6, 6.07) is 1.47. The van der Waals surface area contributed by atoms with Crippen LogP contribution in [0.5, 0.6) is 0 Å². The first-order valence-electron chi connectivity index (χ1n) is 6.65. The molecule has 0 aromatic rings. The van der Waals surface area contributed by atoms with Gasteiger partial charge in [-0.25, -0.2) is 0 Å². The molecule has 0 amide bonds. The summed E-state index contributed by atoms with van der Waals surface area (Å²) in [6.45, 7) is 7.52. The van der Waals surface area contributed by atoms with Gasteiger partial charge in [-0.2, -0.15) is 0 Å². The van der Waals surface area contributed by atoms with Gasteiger partial charge in [0.2, 0.25) is 0 Å². The van der Waals surface area contributed by atoms with Gasteiger partial charge in [0.15, 0.2) is 0 Å². The third kappa shape index (κ3) is 2.58. The maximum atomic E-state index is 5.60. The topological polar surface area (TPSA) is 24.5 Å². The highest BCUT2D eigenvalue weighted by molar-refractivity contribution is 4.92. The highest BCUT2D eigenvalue weighted by Gasteiger charge is 2.37. The lowest BCUT2D eigenvalue weighted by atomic mass is 9.87. The summed E-state index contributed by atoms with van der Waals surface area (Å²) in [5.41, 5.74) is 0.221. The second-order valence-corrected chi connectivity index (χ2v) is 5.86. The van der Waals surface area contributed by atoms with Crippen molar-refractivity contribution in [2.75, 3.05) is 26.8 Å². The summed E-state index contributed by atoms with van der Waals surface area (Å²) in [6.07, 6.45) is 5.38. The van der Waals surface area contributed by atoms with Crippen LogP contribution in [0.15, 0.2) is 0 Å². The van der Waals surface area contributed by atoms with Gasteiger partial charge in [-0.05, 0) is 40.2 Å². The average molecular weight is 226 g/mol. The molecule has 16 heavy (non-hydrogen) atoms. The quantitative estimate of drug-likeness (QED) is 0.774. The maximum Gasteiger partial charge on any atom is 0.0645 e. The molecule has 1 saturated carbocycles. The SMILES string of the molecule is CNC1CCCC(N2CCOCC2(C)C)C1. The summed E-state index contributed by atoms with van der Waals surface area (Å²) in [5, 5.41) is 3.44. The van der Waals surface area contributed by atoms with E-state index in [1.165, 1.54) is 25.7 Å². The van der Waals surface area contributed by atoms with Gasteiger partial charge >= 0.3 is 0 Å². The van der Waals surface area contributed by atoms with Crippen LogP contribution in [0.4, 0.5) is 0 Å². The van der Waals surface area contributed by atoms with Crippen molar-refractivity contribution >= 4 is 0 Å². The fourth-order valence-electron chi connectivity index (χ4n) is 3.26. The lowest BCUT2D eigenvalue weighted by Gasteiger charge is -2.48. The molecule has 0 bridgehead atoms. The van der Waals surface area contributed by atoms with Crippen molar-refractivity contribution in [3.8, 4) is 0 Å². The van der Waals surface area contributed by atoms with Gasteiger partial charge in [-0.1, -0.05) is 6.42 Å². The number of nitrogens with one attached hydrogen (secondary N) is 1. The van der Waals surface area contributed by atoms with Crippen LogP contribution in [-0.2, 0) is 4.74 Å². The fourth-order valence-corrected chi connectivity index (χ4v) is 3.26. The summed E-state index contributed by atoms with van der Waals surface area (Å²) >= 11 is 0. The molecule has 1 N–H and O–H groups in total. The minimum atomic E-state index is 0.221. The first-order valence-corrected chi connectivity index (χ1v) is 6.65. The summed E-state index contributed by atoms with van der Waals surface area (Å²) in [7, 11) is 2.09. The molecular weight excluding hydrogens is 200 g/mol. The van der Waals surface area contributed by atoms with E-state index in [2.05, 4.69) is 31.1 Å². The second kappa shape index (κ2) is 5.03. The van der Waals surface area contributed by atoms with Gasteiger partial charge in [-0.15, -0.1) is 0 Å². The van der Waals surface area contributed by atoms with Gasteiger partial charge < -0.3 is 10.1 Å². The molecule has 1 aliphatic heterocycles. The Morgan fingerprint density at radius 3 is 2.81 bits per heavy atom. The summed E-state index contributed by atoms with van der Waals surface area (Å²) in [5.74, 6) is 0. The molecule has 3 nitrogen and oxygen atoms in total. The lowest BCUT2D eigenvalue weighted by molar-refractivity contribution is -0.0797. The Kier molecular flexibility index (Phi) is 3.88. The van der Waals surface area contributed by atoms with Gasteiger partial charge in [0, 0.05) is 24.2 Å². The van der Waals surface area contributed by atoms with Gasteiger partial charge in [-0.3, -0.25) is 4.90 Å². The number of ether oxygens (including phenoxy) is 1. The van der Waals surface area contributed by atoms with Crippen LogP contribution in [0.25, 0.3) is 0 Å². The van der Waals surface area contributed by atoms with Gasteiger partial charge in [0.25, 0.3) is 0 Å². The van der Waals surface area contributed by atoms with Crippen LogP contribution in [-0.4, -0.2) is 49.3 Å². The van der Waals surface area contributed by atoms with E-state index in [1.54, 1.807) is 0 Å². The second-order valence-electron chi connectivity index (χ2n) is 5.86. The predicted octanol–water partition coefficient (Wildman–Crippen LogP) is 1.63. The van der Waals surface area contributed by atoms with Crippen molar-refractivity contribution in [3.63, 3.8) is 0 Å². The largest absolute Gasteiger partial charge is 0.378 e. The molecule has 2 atom stereocenters. The van der Waals surface area contributed by atoms with E-state index in [1.807, 2.05) is 0 Å². The molecule has 0 radical (unpaired) electrons. The van der Waals surface area contributed by atoms with Crippen molar-refractivity contribution in [2.45, 2.75) is 57.2 Å². The van der Waals surface area contributed by atoms with E-state index < -0.39 is 0 Å². The van der Waals surface area contributed by atoms with E-state index in [4.69, 9.17) is 4.74 Å². The molecule has 0 spiro atoms. The van der Waals surface area contributed by atoms with Crippen LogP contribution in [0.2, 0.25) is 0 Å². The smallest absolute Gasteiger partial charge is 0.0645 e. The Balaban J connectivity index is 1.99. The van der Waals surface area contributed by atoms with Crippen LogP contribution in [0, 0.1) is 0 Å². The predicted molar refractivity (Wildman–Crippen MR) is 66.7 cm³/mol. The average Bonchev–Trinajstić information content (AvgIpc) is 2.28. The fraction of sp³-hybridized carbons (Fsp3) is 1.00. The highest BCUT2D eigenvalue weighted by Crippen LogP contribution is 2.30. The van der Waals surface area contributed by atoms with E-state index in [0.29, 0.717) is 0 Å². The number of nitrogens with zero attached hydrogens (tertiary/aromatic N) is 1. The Hall–Kier alpha value is -0.120. The number of hydrogen-bond acceptors (Lipinski definition) is 3. The molecule has 1 aliphatic carbocycles. The zero-order chi connectivity index (χ0) is 11.6.